The number of carbonyl (C=O) groups is 1. The molecule has 0 aliphatic heterocycles. The topological polar surface area (TPSA) is 66.6 Å². The van der Waals surface area contributed by atoms with Crippen molar-refractivity contribution in [1.29, 1.82) is 0 Å². The lowest BCUT2D eigenvalue weighted by atomic mass is 10.3. The number of benzene rings is 1. The third kappa shape index (κ3) is 2.87. The van der Waals surface area contributed by atoms with Crippen molar-refractivity contribution in [2.45, 2.75) is 26.4 Å². The van der Waals surface area contributed by atoms with E-state index in [9.17, 15) is 4.79 Å². The lowest BCUT2D eigenvalue weighted by molar-refractivity contribution is -0.139. The van der Waals surface area contributed by atoms with Crippen molar-refractivity contribution in [2.24, 2.45) is 0 Å². The summed E-state index contributed by atoms with van der Waals surface area (Å²) in [6.07, 6.45) is 0. The van der Waals surface area contributed by atoms with Crippen LogP contribution in [0.4, 0.5) is 0 Å². The molecule has 5 nitrogen and oxygen atoms in total. The Morgan fingerprint density at radius 2 is 2.17 bits per heavy atom. The third-order valence-corrected chi connectivity index (χ3v) is 2.75. The summed E-state index contributed by atoms with van der Waals surface area (Å²) < 4.78 is 5.58. The van der Waals surface area contributed by atoms with Gasteiger partial charge in [0.1, 0.15) is 5.52 Å². The molecule has 96 valence electrons. The van der Waals surface area contributed by atoms with Crippen molar-refractivity contribution in [3.63, 3.8) is 0 Å². The molecular formula is C13H16N2O3. The number of hydrogen-bond acceptors (Lipinski definition) is 4. The van der Waals surface area contributed by atoms with E-state index < -0.39 is 5.97 Å². The van der Waals surface area contributed by atoms with Crippen LogP contribution in [0.5, 0.6) is 0 Å². The highest BCUT2D eigenvalue weighted by atomic mass is 16.4. The quantitative estimate of drug-likeness (QED) is 0.877. The third-order valence-electron chi connectivity index (χ3n) is 2.75. The zero-order valence-corrected chi connectivity index (χ0v) is 10.5. The molecule has 1 aromatic carbocycles. The molecule has 0 aliphatic carbocycles. The summed E-state index contributed by atoms with van der Waals surface area (Å²) in [7, 11) is 0. The average Bonchev–Trinajstić information content (AvgIpc) is 2.69. The zero-order valence-electron chi connectivity index (χ0n) is 10.5. The number of rotatable bonds is 5. The summed E-state index contributed by atoms with van der Waals surface area (Å²) in [6, 6.07) is 7.62. The van der Waals surface area contributed by atoms with Crippen LogP contribution in [0.25, 0.3) is 11.1 Å². The number of aromatic nitrogens is 1. The standard InChI is InChI=1S/C13H16N2O3/c1-9(2)15(8-13(16)17)7-12-14-10-5-3-4-6-11(10)18-12/h3-6,9H,7-8H2,1-2H3,(H,16,17). The van der Waals surface area contributed by atoms with E-state index in [0.717, 1.165) is 11.1 Å². The van der Waals surface area contributed by atoms with Gasteiger partial charge in [0.15, 0.2) is 5.58 Å². The maximum absolute atomic E-state index is 10.8. The molecule has 0 bridgehead atoms. The highest BCUT2D eigenvalue weighted by Crippen LogP contribution is 2.16. The maximum Gasteiger partial charge on any atom is 0.317 e. The van der Waals surface area contributed by atoms with Gasteiger partial charge in [-0.05, 0) is 26.0 Å². The Bertz CT molecular complexity index is 515. The van der Waals surface area contributed by atoms with Crippen molar-refractivity contribution in [1.82, 2.24) is 9.88 Å². The number of oxazole rings is 1. The van der Waals surface area contributed by atoms with E-state index in [1.807, 2.05) is 38.1 Å². The highest BCUT2D eigenvalue weighted by Gasteiger charge is 2.16. The highest BCUT2D eigenvalue weighted by molar-refractivity contribution is 5.72. The van der Waals surface area contributed by atoms with Crippen LogP contribution in [0.2, 0.25) is 0 Å². The van der Waals surface area contributed by atoms with Gasteiger partial charge in [-0.1, -0.05) is 12.1 Å². The molecule has 0 saturated heterocycles. The van der Waals surface area contributed by atoms with Crippen molar-refractivity contribution in [3.8, 4) is 0 Å². The molecule has 18 heavy (non-hydrogen) atoms. The van der Waals surface area contributed by atoms with Crippen molar-refractivity contribution < 1.29 is 14.3 Å². The number of aliphatic carboxylic acids is 1. The molecule has 2 rings (SSSR count). The second-order valence-corrected chi connectivity index (χ2v) is 4.47. The Morgan fingerprint density at radius 3 is 2.78 bits per heavy atom. The summed E-state index contributed by atoms with van der Waals surface area (Å²) in [5.41, 5.74) is 1.53. The minimum Gasteiger partial charge on any atom is -0.480 e. The normalized spacial score (nSPS) is 11.6. The van der Waals surface area contributed by atoms with E-state index in [0.29, 0.717) is 12.4 Å². The number of nitrogens with zero attached hydrogens (tertiary/aromatic N) is 2. The predicted molar refractivity (Wildman–Crippen MR) is 67.2 cm³/mol. The largest absolute Gasteiger partial charge is 0.480 e. The van der Waals surface area contributed by atoms with Gasteiger partial charge < -0.3 is 9.52 Å². The first kappa shape index (κ1) is 12.6. The first-order valence-corrected chi connectivity index (χ1v) is 5.86. The summed E-state index contributed by atoms with van der Waals surface area (Å²) >= 11 is 0. The number of fused-ring (bicyclic) bond motifs is 1. The van der Waals surface area contributed by atoms with Crippen LogP contribution in [0.3, 0.4) is 0 Å². The van der Waals surface area contributed by atoms with Gasteiger partial charge in [-0.3, -0.25) is 9.69 Å². The molecule has 0 aliphatic rings. The van der Waals surface area contributed by atoms with E-state index in [-0.39, 0.29) is 12.6 Å². The second-order valence-electron chi connectivity index (χ2n) is 4.47. The van der Waals surface area contributed by atoms with E-state index in [2.05, 4.69) is 4.98 Å². The van der Waals surface area contributed by atoms with Gasteiger partial charge in [-0.25, -0.2) is 4.98 Å². The summed E-state index contributed by atoms with van der Waals surface area (Å²) in [4.78, 5) is 16.9. The van der Waals surface area contributed by atoms with Crippen LogP contribution >= 0.6 is 0 Å². The van der Waals surface area contributed by atoms with Crippen molar-refractivity contribution >= 4 is 17.1 Å². The van der Waals surface area contributed by atoms with Crippen LogP contribution in [-0.4, -0.2) is 33.5 Å². The molecule has 1 heterocycles. The SMILES string of the molecule is CC(C)N(CC(=O)O)Cc1nc2ccccc2o1. The molecule has 0 spiro atoms. The van der Waals surface area contributed by atoms with Crippen LogP contribution in [-0.2, 0) is 11.3 Å². The Morgan fingerprint density at radius 1 is 1.44 bits per heavy atom. The van der Waals surface area contributed by atoms with Crippen LogP contribution in [0.15, 0.2) is 28.7 Å². The van der Waals surface area contributed by atoms with Gasteiger partial charge in [0, 0.05) is 6.04 Å². The fraction of sp³-hybridized carbons (Fsp3) is 0.385. The molecule has 0 fully saturated rings. The Kier molecular flexibility index (Phi) is 3.62. The lowest BCUT2D eigenvalue weighted by Gasteiger charge is -2.22. The minimum absolute atomic E-state index is 0.0175. The fourth-order valence-corrected chi connectivity index (χ4v) is 1.76. The predicted octanol–water partition coefficient (Wildman–Crippen LogP) is 2.12. The number of carboxylic acids is 1. The van der Waals surface area contributed by atoms with E-state index >= 15 is 0 Å². The minimum atomic E-state index is -0.847. The van der Waals surface area contributed by atoms with Crippen LogP contribution < -0.4 is 0 Å². The van der Waals surface area contributed by atoms with Gasteiger partial charge in [0.2, 0.25) is 5.89 Å². The van der Waals surface area contributed by atoms with Gasteiger partial charge in [-0.2, -0.15) is 0 Å². The van der Waals surface area contributed by atoms with Crippen LogP contribution in [0.1, 0.15) is 19.7 Å². The Labute approximate surface area is 105 Å². The average molecular weight is 248 g/mol. The molecule has 0 saturated carbocycles. The number of carboxylic acid groups (broad SMARTS) is 1. The molecule has 1 aromatic heterocycles. The molecule has 0 amide bonds. The summed E-state index contributed by atoms with van der Waals surface area (Å²) in [6.45, 7) is 4.28. The van der Waals surface area contributed by atoms with Crippen molar-refractivity contribution in [3.05, 3.63) is 30.2 Å². The number of hydrogen-bond donors (Lipinski definition) is 1. The van der Waals surface area contributed by atoms with Crippen LogP contribution in [0, 0.1) is 0 Å². The Balaban J connectivity index is 2.17. The summed E-state index contributed by atoms with van der Waals surface area (Å²) in [5.74, 6) is -0.300. The maximum atomic E-state index is 10.8. The number of para-hydroxylation sites is 2. The van der Waals surface area contributed by atoms with Gasteiger partial charge in [-0.15, -0.1) is 0 Å². The molecule has 0 radical (unpaired) electrons. The van der Waals surface area contributed by atoms with Crippen molar-refractivity contribution in [2.75, 3.05) is 6.54 Å². The lowest BCUT2D eigenvalue weighted by Crippen LogP contribution is -2.35. The zero-order chi connectivity index (χ0) is 13.1. The van der Waals surface area contributed by atoms with E-state index in [1.54, 1.807) is 4.90 Å². The molecule has 5 heteroatoms. The fourth-order valence-electron chi connectivity index (χ4n) is 1.76. The molecule has 2 aromatic rings. The molecule has 0 unspecified atom stereocenters. The van der Waals surface area contributed by atoms with E-state index in [1.165, 1.54) is 0 Å². The second kappa shape index (κ2) is 5.18. The smallest absolute Gasteiger partial charge is 0.317 e. The summed E-state index contributed by atoms with van der Waals surface area (Å²) in [5, 5.41) is 8.86. The first-order valence-electron chi connectivity index (χ1n) is 5.86. The molecule has 1 N–H and O–H groups in total. The van der Waals surface area contributed by atoms with Gasteiger partial charge in [0.25, 0.3) is 0 Å². The van der Waals surface area contributed by atoms with Gasteiger partial charge >= 0.3 is 5.97 Å². The molecular weight excluding hydrogens is 232 g/mol. The first-order chi connectivity index (χ1) is 8.56. The molecule has 0 atom stereocenters. The monoisotopic (exact) mass is 248 g/mol. The van der Waals surface area contributed by atoms with Gasteiger partial charge in [0.05, 0.1) is 13.1 Å². The van der Waals surface area contributed by atoms with E-state index in [4.69, 9.17) is 9.52 Å². The Hall–Kier alpha value is -1.88.